The van der Waals surface area contributed by atoms with E-state index < -0.39 is 23.5 Å². The Kier molecular flexibility index (Phi) is 6.43. The van der Waals surface area contributed by atoms with Crippen molar-refractivity contribution >= 4 is 11.8 Å². The Balaban J connectivity index is 1.20. The third-order valence-electron chi connectivity index (χ3n) is 6.33. The van der Waals surface area contributed by atoms with E-state index in [2.05, 4.69) is 25.3 Å². The molecule has 3 aromatic rings. The SMILES string of the molecule is CC(C)(C)OC(=O)Cn1nnc(-c2cc(N3CCC4(CCc5c(OC(F)(F)F)cccc5O4)CC3)no2)n1. The van der Waals surface area contributed by atoms with Crippen LogP contribution in [0.5, 0.6) is 11.5 Å². The first-order valence-electron chi connectivity index (χ1n) is 12.2. The van der Waals surface area contributed by atoms with Crippen molar-refractivity contribution in [3.8, 4) is 23.1 Å². The molecular weight excluding hydrogens is 509 g/mol. The molecule has 0 radical (unpaired) electrons. The smallest absolute Gasteiger partial charge is 0.487 e. The van der Waals surface area contributed by atoms with Gasteiger partial charge in [0.2, 0.25) is 11.6 Å². The molecule has 0 unspecified atom stereocenters. The molecule has 1 fully saturated rings. The number of hydrogen-bond donors (Lipinski definition) is 0. The van der Waals surface area contributed by atoms with Gasteiger partial charge in [0, 0.05) is 37.6 Å². The maximum Gasteiger partial charge on any atom is 0.573 e. The first-order chi connectivity index (χ1) is 17.9. The van der Waals surface area contributed by atoms with E-state index in [1.54, 1.807) is 32.9 Å². The molecular formula is C24H27F3N6O5. The molecule has 0 atom stereocenters. The van der Waals surface area contributed by atoms with Crippen LogP contribution in [0.25, 0.3) is 11.6 Å². The minimum Gasteiger partial charge on any atom is -0.487 e. The van der Waals surface area contributed by atoms with Crippen molar-refractivity contribution in [1.82, 2.24) is 25.4 Å². The minimum absolute atomic E-state index is 0.185. The predicted molar refractivity (Wildman–Crippen MR) is 125 cm³/mol. The van der Waals surface area contributed by atoms with Crippen LogP contribution in [0.15, 0.2) is 28.8 Å². The molecule has 5 rings (SSSR count). The zero-order valence-corrected chi connectivity index (χ0v) is 21.1. The highest BCUT2D eigenvalue weighted by molar-refractivity contribution is 5.69. The zero-order chi connectivity index (χ0) is 27.1. The number of tetrazole rings is 1. The number of piperidine rings is 1. The normalized spacial score (nSPS) is 17.2. The van der Waals surface area contributed by atoms with E-state index in [9.17, 15) is 18.0 Å². The average molecular weight is 537 g/mol. The second-order valence-corrected chi connectivity index (χ2v) is 10.3. The molecule has 4 heterocycles. The Morgan fingerprint density at radius 2 is 1.92 bits per heavy atom. The van der Waals surface area contributed by atoms with Gasteiger partial charge in [-0.05, 0) is 51.0 Å². The topological polar surface area (TPSA) is 118 Å². The number of alkyl halides is 3. The number of carbonyl (C=O) groups excluding carboxylic acids is 1. The highest BCUT2D eigenvalue weighted by Gasteiger charge is 2.42. The quantitative estimate of drug-likeness (QED) is 0.444. The second kappa shape index (κ2) is 9.48. The number of hydrogen-bond acceptors (Lipinski definition) is 10. The van der Waals surface area contributed by atoms with Gasteiger partial charge >= 0.3 is 12.3 Å². The summed E-state index contributed by atoms with van der Waals surface area (Å²) in [4.78, 5) is 15.2. The van der Waals surface area contributed by atoms with Crippen molar-refractivity contribution < 1.29 is 36.7 Å². The summed E-state index contributed by atoms with van der Waals surface area (Å²) in [5, 5.41) is 16.1. The Morgan fingerprint density at radius 3 is 2.63 bits per heavy atom. The van der Waals surface area contributed by atoms with E-state index in [4.69, 9.17) is 14.0 Å². The number of carbonyl (C=O) groups is 1. The molecule has 1 aromatic carbocycles. The number of nitrogens with zero attached hydrogens (tertiary/aromatic N) is 6. The van der Waals surface area contributed by atoms with E-state index >= 15 is 0 Å². The van der Waals surface area contributed by atoms with Crippen LogP contribution in [0.4, 0.5) is 19.0 Å². The van der Waals surface area contributed by atoms with Crippen LogP contribution < -0.4 is 14.4 Å². The number of ether oxygens (including phenoxy) is 3. The Morgan fingerprint density at radius 1 is 1.16 bits per heavy atom. The minimum atomic E-state index is -4.76. The molecule has 1 saturated heterocycles. The lowest BCUT2D eigenvalue weighted by molar-refractivity contribution is -0.275. The molecule has 1 spiro atoms. The predicted octanol–water partition coefficient (Wildman–Crippen LogP) is 3.93. The first-order valence-corrected chi connectivity index (χ1v) is 12.2. The van der Waals surface area contributed by atoms with Crippen LogP contribution in [-0.2, 0) is 22.5 Å². The summed E-state index contributed by atoms with van der Waals surface area (Å²) in [6.07, 6.45) is -2.43. The van der Waals surface area contributed by atoms with Gasteiger partial charge in [-0.3, -0.25) is 0 Å². The van der Waals surface area contributed by atoms with E-state index in [1.807, 2.05) is 4.90 Å². The Bertz CT molecular complexity index is 1310. The lowest BCUT2D eigenvalue weighted by atomic mass is 9.83. The van der Waals surface area contributed by atoms with E-state index in [1.165, 1.54) is 12.1 Å². The highest BCUT2D eigenvalue weighted by atomic mass is 19.4. The average Bonchev–Trinajstić information content (AvgIpc) is 3.47. The summed E-state index contributed by atoms with van der Waals surface area (Å²) in [5.41, 5.74) is -0.658. The van der Waals surface area contributed by atoms with Crippen LogP contribution in [0.2, 0.25) is 0 Å². The maximum absolute atomic E-state index is 12.8. The molecule has 204 valence electrons. The van der Waals surface area contributed by atoms with Gasteiger partial charge in [0.25, 0.3) is 0 Å². The number of benzene rings is 1. The zero-order valence-electron chi connectivity index (χ0n) is 21.1. The van der Waals surface area contributed by atoms with Crippen molar-refractivity contribution in [3.63, 3.8) is 0 Å². The van der Waals surface area contributed by atoms with Gasteiger partial charge in [0.1, 0.15) is 22.7 Å². The number of halogens is 3. The third-order valence-corrected chi connectivity index (χ3v) is 6.33. The summed E-state index contributed by atoms with van der Waals surface area (Å²) in [6.45, 7) is 6.34. The van der Waals surface area contributed by atoms with Crippen LogP contribution in [0.1, 0.15) is 45.6 Å². The summed E-state index contributed by atoms with van der Waals surface area (Å²) in [7, 11) is 0. The fourth-order valence-electron chi connectivity index (χ4n) is 4.66. The molecule has 38 heavy (non-hydrogen) atoms. The van der Waals surface area contributed by atoms with Gasteiger partial charge in [-0.2, -0.15) is 4.80 Å². The number of anilines is 1. The van der Waals surface area contributed by atoms with Crippen LogP contribution in [-0.4, -0.2) is 62.0 Å². The monoisotopic (exact) mass is 536 g/mol. The summed E-state index contributed by atoms with van der Waals surface area (Å²) < 4.78 is 59.4. The molecule has 14 heteroatoms. The molecule has 2 aromatic heterocycles. The number of rotatable bonds is 5. The number of esters is 1. The lowest BCUT2D eigenvalue weighted by Gasteiger charge is -2.44. The largest absolute Gasteiger partial charge is 0.573 e. The maximum atomic E-state index is 12.8. The van der Waals surface area contributed by atoms with Crippen LogP contribution in [0.3, 0.4) is 0 Å². The van der Waals surface area contributed by atoms with Gasteiger partial charge in [0.05, 0.1) is 0 Å². The van der Waals surface area contributed by atoms with E-state index in [0.29, 0.717) is 61.7 Å². The van der Waals surface area contributed by atoms with Gasteiger partial charge in [-0.15, -0.1) is 23.4 Å². The summed E-state index contributed by atoms with van der Waals surface area (Å²) in [5.74, 6) is 0.805. The molecule has 2 aliphatic rings. The van der Waals surface area contributed by atoms with Gasteiger partial charge in [-0.25, -0.2) is 4.79 Å². The second-order valence-electron chi connectivity index (χ2n) is 10.3. The Hall–Kier alpha value is -3.84. The molecule has 0 amide bonds. The molecule has 11 nitrogen and oxygen atoms in total. The van der Waals surface area contributed by atoms with E-state index in [-0.39, 0.29) is 18.1 Å². The Labute approximate surface area is 215 Å². The van der Waals surface area contributed by atoms with Gasteiger partial charge in [0.15, 0.2) is 12.4 Å². The third kappa shape index (κ3) is 5.83. The van der Waals surface area contributed by atoms with Gasteiger partial charge < -0.3 is 23.6 Å². The van der Waals surface area contributed by atoms with Gasteiger partial charge in [-0.1, -0.05) is 11.2 Å². The standard InChI is InChI=1S/C24H27F3N6O5/c1-22(2,3)37-20(34)14-33-29-21(28-31-33)18-13-19(30-38-18)32-11-9-23(10-12-32)8-7-15-16(35-23)5-4-6-17(15)36-24(25,26)27/h4-6,13H,7-12,14H2,1-3H3. The van der Waals surface area contributed by atoms with Crippen molar-refractivity contribution in [2.45, 2.75) is 70.6 Å². The van der Waals surface area contributed by atoms with Crippen LogP contribution in [0, 0.1) is 0 Å². The molecule has 0 bridgehead atoms. The van der Waals surface area contributed by atoms with Crippen molar-refractivity contribution in [3.05, 3.63) is 29.8 Å². The summed E-state index contributed by atoms with van der Waals surface area (Å²) >= 11 is 0. The molecule has 0 aliphatic carbocycles. The van der Waals surface area contributed by atoms with E-state index in [0.717, 1.165) is 4.80 Å². The van der Waals surface area contributed by atoms with Crippen molar-refractivity contribution in [2.75, 3.05) is 18.0 Å². The molecule has 0 saturated carbocycles. The fraction of sp³-hybridized carbons (Fsp3) is 0.542. The highest BCUT2D eigenvalue weighted by Crippen LogP contribution is 2.44. The summed E-state index contributed by atoms with van der Waals surface area (Å²) in [6, 6.07) is 6.19. The lowest BCUT2D eigenvalue weighted by Crippen LogP contribution is -2.50. The molecule has 0 N–H and O–H groups in total. The van der Waals surface area contributed by atoms with Crippen molar-refractivity contribution in [2.24, 2.45) is 0 Å². The molecule has 2 aliphatic heterocycles. The van der Waals surface area contributed by atoms with Crippen LogP contribution >= 0.6 is 0 Å². The number of fused-ring (bicyclic) bond motifs is 1. The number of aromatic nitrogens is 5. The van der Waals surface area contributed by atoms with Crippen molar-refractivity contribution in [1.29, 1.82) is 0 Å². The fourth-order valence-corrected chi connectivity index (χ4v) is 4.66. The first kappa shape index (κ1) is 25.8.